The van der Waals surface area contributed by atoms with Crippen molar-refractivity contribution in [1.82, 2.24) is 9.88 Å². The van der Waals surface area contributed by atoms with E-state index < -0.39 is 0 Å². The first-order chi connectivity index (χ1) is 13.4. The zero-order valence-corrected chi connectivity index (χ0v) is 17.8. The van der Waals surface area contributed by atoms with Crippen LogP contribution >= 0.6 is 11.3 Å². The van der Waals surface area contributed by atoms with Crippen LogP contribution in [0.25, 0.3) is 16.3 Å². The predicted octanol–water partition coefficient (Wildman–Crippen LogP) is 4.91. The van der Waals surface area contributed by atoms with Gasteiger partial charge in [0, 0.05) is 12.6 Å². The van der Waals surface area contributed by atoms with E-state index in [4.69, 9.17) is 4.98 Å². The summed E-state index contributed by atoms with van der Waals surface area (Å²) in [6, 6.07) is 14.2. The average molecular weight is 394 g/mol. The van der Waals surface area contributed by atoms with Crippen LogP contribution in [0.2, 0.25) is 0 Å². The second-order valence-corrected chi connectivity index (χ2v) is 8.30. The molecule has 0 saturated heterocycles. The van der Waals surface area contributed by atoms with Crippen molar-refractivity contribution in [1.29, 1.82) is 0 Å². The van der Waals surface area contributed by atoms with Crippen LogP contribution < -0.4 is 4.90 Å². The molecule has 0 aliphatic rings. The van der Waals surface area contributed by atoms with Crippen molar-refractivity contribution in [2.75, 3.05) is 32.1 Å². The second-order valence-electron chi connectivity index (χ2n) is 7.29. The van der Waals surface area contributed by atoms with Gasteiger partial charge in [0.15, 0.2) is 5.13 Å². The number of benzene rings is 2. The molecular formula is C23H27N3OS. The minimum atomic E-state index is -0.0323. The lowest BCUT2D eigenvalue weighted by Gasteiger charge is -2.19. The molecule has 0 aliphatic heterocycles. The summed E-state index contributed by atoms with van der Waals surface area (Å²) in [5, 5.41) is 0.765. The van der Waals surface area contributed by atoms with Gasteiger partial charge >= 0.3 is 0 Å². The molecule has 0 unspecified atom stereocenters. The molecule has 146 valence electrons. The van der Waals surface area contributed by atoms with Gasteiger partial charge in [-0.1, -0.05) is 41.7 Å². The van der Waals surface area contributed by atoms with E-state index >= 15 is 0 Å². The van der Waals surface area contributed by atoms with Crippen molar-refractivity contribution in [2.24, 2.45) is 0 Å². The number of aryl methyl sites for hydroxylation is 2. The van der Waals surface area contributed by atoms with Crippen LogP contribution in [0.4, 0.5) is 5.13 Å². The minimum Gasteiger partial charge on any atom is -0.309 e. The third-order valence-corrected chi connectivity index (χ3v) is 5.74. The zero-order chi connectivity index (χ0) is 20.1. The molecule has 0 fully saturated rings. The molecule has 0 atom stereocenters. The van der Waals surface area contributed by atoms with Gasteiger partial charge in [-0.05, 0) is 75.8 Å². The van der Waals surface area contributed by atoms with Gasteiger partial charge < -0.3 is 4.90 Å². The number of rotatable bonds is 7. The number of amides is 1. The summed E-state index contributed by atoms with van der Waals surface area (Å²) in [6.07, 6.45) is 4.41. The van der Waals surface area contributed by atoms with Crippen LogP contribution in [-0.4, -0.2) is 43.0 Å². The molecule has 0 saturated carbocycles. The van der Waals surface area contributed by atoms with E-state index in [1.165, 1.54) is 11.1 Å². The van der Waals surface area contributed by atoms with E-state index in [0.29, 0.717) is 6.54 Å². The smallest absolute Gasteiger partial charge is 0.252 e. The number of carbonyl (C=O) groups excluding carboxylic acids is 1. The molecule has 3 rings (SSSR count). The quantitative estimate of drug-likeness (QED) is 0.535. The number of nitrogens with zero attached hydrogens (tertiary/aromatic N) is 3. The van der Waals surface area contributed by atoms with Crippen molar-refractivity contribution in [2.45, 2.75) is 20.3 Å². The highest BCUT2D eigenvalue weighted by atomic mass is 32.1. The van der Waals surface area contributed by atoms with Crippen LogP contribution in [0.5, 0.6) is 0 Å². The Balaban J connectivity index is 1.87. The van der Waals surface area contributed by atoms with Crippen LogP contribution in [0.1, 0.15) is 23.1 Å². The van der Waals surface area contributed by atoms with Crippen molar-refractivity contribution in [3.8, 4) is 0 Å². The number of carbonyl (C=O) groups is 1. The van der Waals surface area contributed by atoms with Gasteiger partial charge in [0.2, 0.25) is 0 Å². The van der Waals surface area contributed by atoms with Gasteiger partial charge in [-0.25, -0.2) is 4.98 Å². The van der Waals surface area contributed by atoms with E-state index in [1.54, 1.807) is 22.3 Å². The number of aromatic nitrogens is 1. The maximum Gasteiger partial charge on any atom is 0.252 e. The summed E-state index contributed by atoms with van der Waals surface area (Å²) in [4.78, 5) is 21.7. The summed E-state index contributed by atoms with van der Waals surface area (Å²) in [7, 11) is 4.09. The Bertz CT molecular complexity index is 937. The second kappa shape index (κ2) is 9.13. The van der Waals surface area contributed by atoms with Gasteiger partial charge in [0.25, 0.3) is 5.91 Å². The summed E-state index contributed by atoms with van der Waals surface area (Å²) < 4.78 is 1.12. The van der Waals surface area contributed by atoms with Gasteiger partial charge in [-0.15, -0.1) is 0 Å². The minimum absolute atomic E-state index is 0.0323. The van der Waals surface area contributed by atoms with Crippen molar-refractivity contribution < 1.29 is 4.79 Å². The first-order valence-corrected chi connectivity index (χ1v) is 10.3. The van der Waals surface area contributed by atoms with Crippen LogP contribution in [0.3, 0.4) is 0 Å². The highest BCUT2D eigenvalue weighted by molar-refractivity contribution is 7.22. The third-order valence-electron chi connectivity index (χ3n) is 4.69. The topological polar surface area (TPSA) is 36.4 Å². The van der Waals surface area contributed by atoms with Crippen LogP contribution in [0.15, 0.2) is 48.5 Å². The number of thiazole rings is 1. The van der Waals surface area contributed by atoms with Crippen molar-refractivity contribution in [3.63, 3.8) is 0 Å². The highest BCUT2D eigenvalue weighted by Crippen LogP contribution is 2.31. The Kier molecular flexibility index (Phi) is 6.60. The van der Waals surface area contributed by atoms with Gasteiger partial charge in [0.05, 0.1) is 10.2 Å². The Hall–Kier alpha value is -2.50. The molecule has 0 radical (unpaired) electrons. The summed E-state index contributed by atoms with van der Waals surface area (Å²) in [6.45, 7) is 5.77. The molecule has 5 heteroatoms. The maximum atomic E-state index is 13.0. The Morgan fingerprint density at radius 1 is 1.07 bits per heavy atom. The number of fused-ring (bicyclic) bond motifs is 1. The Morgan fingerprint density at radius 3 is 2.50 bits per heavy atom. The normalized spacial score (nSPS) is 11.6. The largest absolute Gasteiger partial charge is 0.309 e. The maximum absolute atomic E-state index is 13.0. The van der Waals surface area contributed by atoms with E-state index in [-0.39, 0.29) is 5.91 Å². The van der Waals surface area contributed by atoms with E-state index in [2.05, 4.69) is 30.9 Å². The monoisotopic (exact) mass is 393 g/mol. The zero-order valence-electron chi connectivity index (χ0n) is 17.0. The molecule has 3 aromatic rings. The van der Waals surface area contributed by atoms with Gasteiger partial charge in [-0.2, -0.15) is 0 Å². The lowest BCUT2D eigenvalue weighted by Crippen LogP contribution is -2.32. The van der Waals surface area contributed by atoms with Crippen LogP contribution in [0, 0.1) is 13.8 Å². The molecule has 2 aromatic carbocycles. The molecule has 28 heavy (non-hydrogen) atoms. The fourth-order valence-corrected chi connectivity index (χ4v) is 4.03. The fraction of sp³-hybridized carbons (Fsp3) is 0.304. The number of anilines is 1. The molecule has 4 nitrogen and oxygen atoms in total. The summed E-state index contributed by atoms with van der Waals surface area (Å²) in [5.41, 5.74) is 4.44. The molecule has 1 aromatic heterocycles. The molecule has 0 aliphatic carbocycles. The summed E-state index contributed by atoms with van der Waals surface area (Å²) >= 11 is 1.58. The number of hydrogen-bond acceptors (Lipinski definition) is 4. The summed E-state index contributed by atoms with van der Waals surface area (Å²) in [5.74, 6) is -0.0323. The SMILES string of the molecule is Cc1cc2nc(N(CCCN(C)C)C(=O)C=Cc3ccccc3)sc2cc1C. The first kappa shape index (κ1) is 20.2. The Morgan fingerprint density at radius 2 is 1.79 bits per heavy atom. The van der Waals surface area contributed by atoms with Crippen molar-refractivity contribution in [3.05, 3.63) is 65.2 Å². The van der Waals surface area contributed by atoms with Gasteiger partial charge in [0.1, 0.15) is 0 Å². The standard InChI is InChI=1S/C23H27N3OS/c1-17-15-20-21(16-18(17)2)28-23(24-20)26(14-8-13-25(3)4)22(27)12-11-19-9-6-5-7-10-19/h5-7,9-12,15-16H,8,13-14H2,1-4H3. The third kappa shape index (κ3) is 5.06. The number of hydrogen-bond donors (Lipinski definition) is 0. The Labute approximate surface area is 171 Å². The lowest BCUT2D eigenvalue weighted by molar-refractivity contribution is -0.114. The lowest BCUT2D eigenvalue weighted by atomic mass is 10.1. The molecule has 0 spiro atoms. The highest BCUT2D eigenvalue weighted by Gasteiger charge is 2.18. The molecule has 1 amide bonds. The molecular weight excluding hydrogens is 366 g/mol. The van der Waals surface area contributed by atoms with Crippen LogP contribution in [-0.2, 0) is 4.79 Å². The molecule has 0 N–H and O–H groups in total. The molecule has 0 bridgehead atoms. The van der Waals surface area contributed by atoms with E-state index in [9.17, 15) is 4.79 Å². The molecule has 1 heterocycles. The van der Waals surface area contributed by atoms with Crippen molar-refractivity contribution >= 4 is 38.7 Å². The van der Waals surface area contributed by atoms with E-state index in [1.807, 2.05) is 50.5 Å². The first-order valence-electron chi connectivity index (χ1n) is 9.51. The average Bonchev–Trinajstić information content (AvgIpc) is 3.06. The fourth-order valence-electron chi connectivity index (χ4n) is 2.95. The van der Waals surface area contributed by atoms with E-state index in [0.717, 1.165) is 33.9 Å². The predicted molar refractivity (Wildman–Crippen MR) is 120 cm³/mol. The van der Waals surface area contributed by atoms with Gasteiger partial charge in [-0.3, -0.25) is 9.69 Å².